The fourth-order valence-electron chi connectivity index (χ4n) is 3.76. The summed E-state index contributed by atoms with van der Waals surface area (Å²) in [5.41, 5.74) is 11.1. The molecule has 1 aliphatic heterocycles. The highest BCUT2D eigenvalue weighted by Gasteiger charge is 2.34. The zero-order valence-corrected chi connectivity index (χ0v) is 14.8. The lowest BCUT2D eigenvalue weighted by Gasteiger charge is -2.23. The van der Waals surface area contributed by atoms with Gasteiger partial charge in [-0.1, -0.05) is 0 Å². The minimum atomic E-state index is -0.197. The van der Waals surface area contributed by atoms with Gasteiger partial charge in [0.2, 0.25) is 0 Å². The minimum Gasteiger partial charge on any atom is -0.496 e. The number of fused-ring (bicyclic) bond motifs is 1. The van der Waals surface area contributed by atoms with Crippen LogP contribution in [0.4, 0.5) is 4.39 Å². The van der Waals surface area contributed by atoms with E-state index in [1.54, 1.807) is 13.2 Å². The second-order valence-corrected chi connectivity index (χ2v) is 6.39. The van der Waals surface area contributed by atoms with Crippen LogP contribution in [0.25, 0.3) is 0 Å². The zero-order valence-electron chi connectivity index (χ0n) is 14.8. The van der Waals surface area contributed by atoms with Gasteiger partial charge in [-0.05, 0) is 38.0 Å². The lowest BCUT2D eigenvalue weighted by Crippen LogP contribution is -2.30. The third-order valence-electron chi connectivity index (χ3n) is 5.15. The van der Waals surface area contributed by atoms with Crippen molar-refractivity contribution in [3.8, 4) is 5.75 Å². The first-order valence-electron chi connectivity index (χ1n) is 8.26. The lowest BCUT2D eigenvalue weighted by molar-refractivity contribution is 0.219. The topological polar surface area (TPSA) is 56.3 Å². The summed E-state index contributed by atoms with van der Waals surface area (Å²) < 4.78 is 21.7. The van der Waals surface area contributed by atoms with Crippen molar-refractivity contribution in [2.75, 3.05) is 20.2 Å². The van der Waals surface area contributed by atoms with Crippen LogP contribution in [-0.4, -0.2) is 34.9 Å². The van der Waals surface area contributed by atoms with E-state index in [0.717, 1.165) is 30.0 Å². The first-order chi connectivity index (χ1) is 11.5. The smallest absolute Gasteiger partial charge is 0.128 e. The lowest BCUT2D eigenvalue weighted by atomic mass is 10.0. The molecule has 0 saturated heterocycles. The monoisotopic (exact) mass is 332 g/mol. The summed E-state index contributed by atoms with van der Waals surface area (Å²) in [6.45, 7) is 5.98. The standard InChI is InChI=1S/C18H25FN4O/c1-11-13(12(2)22(3)21-11)7-8-23-10-14-17(24-4)6-5-15(19)18(14)16(23)9-20/h5-6,16H,7-10,20H2,1-4H3. The summed E-state index contributed by atoms with van der Waals surface area (Å²) in [6.07, 6.45) is 0.875. The Morgan fingerprint density at radius 2 is 2.12 bits per heavy atom. The Kier molecular flexibility index (Phi) is 4.60. The van der Waals surface area contributed by atoms with Gasteiger partial charge in [-0.25, -0.2) is 4.39 Å². The molecule has 5 nitrogen and oxygen atoms in total. The van der Waals surface area contributed by atoms with E-state index >= 15 is 0 Å². The van der Waals surface area contributed by atoms with E-state index in [1.807, 2.05) is 18.7 Å². The van der Waals surface area contributed by atoms with Crippen molar-refractivity contribution in [3.63, 3.8) is 0 Å². The molecule has 0 amide bonds. The largest absolute Gasteiger partial charge is 0.496 e. The molecule has 2 heterocycles. The molecule has 0 radical (unpaired) electrons. The van der Waals surface area contributed by atoms with Crippen LogP contribution >= 0.6 is 0 Å². The van der Waals surface area contributed by atoms with E-state index < -0.39 is 0 Å². The molecule has 2 N–H and O–H groups in total. The molecular weight excluding hydrogens is 307 g/mol. The van der Waals surface area contributed by atoms with Crippen molar-refractivity contribution < 1.29 is 9.13 Å². The van der Waals surface area contributed by atoms with E-state index in [0.29, 0.717) is 18.7 Å². The number of methoxy groups -OCH3 is 1. The molecule has 1 unspecified atom stereocenters. The van der Waals surface area contributed by atoms with E-state index in [4.69, 9.17) is 10.5 Å². The van der Waals surface area contributed by atoms with Crippen molar-refractivity contribution in [2.45, 2.75) is 32.9 Å². The number of halogens is 1. The number of benzene rings is 1. The summed E-state index contributed by atoms with van der Waals surface area (Å²) in [5.74, 6) is 0.540. The third kappa shape index (κ3) is 2.70. The number of aromatic nitrogens is 2. The van der Waals surface area contributed by atoms with Gasteiger partial charge in [0, 0.05) is 43.5 Å². The normalized spacial score (nSPS) is 17.3. The summed E-state index contributed by atoms with van der Waals surface area (Å²) >= 11 is 0. The molecule has 2 aromatic rings. The number of nitrogens with zero attached hydrogens (tertiary/aromatic N) is 3. The Bertz CT molecular complexity index is 756. The molecule has 0 spiro atoms. The Labute approximate surface area is 142 Å². The molecule has 0 aliphatic carbocycles. The highest BCUT2D eigenvalue weighted by atomic mass is 19.1. The number of aryl methyl sites for hydroxylation is 2. The number of hydrogen-bond acceptors (Lipinski definition) is 4. The van der Waals surface area contributed by atoms with Gasteiger partial charge in [-0.2, -0.15) is 5.10 Å². The van der Waals surface area contributed by atoms with Crippen LogP contribution in [0, 0.1) is 19.7 Å². The summed E-state index contributed by atoms with van der Waals surface area (Å²) in [6, 6.07) is 3.06. The van der Waals surface area contributed by atoms with Gasteiger partial charge < -0.3 is 10.5 Å². The van der Waals surface area contributed by atoms with Gasteiger partial charge in [0.1, 0.15) is 11.6 Å². The molecule has 6 heteroatoms. The fourth-order valence-corrected chi connectivity index (χ4v) is 3.76. The molecule has 0 bridgehead atoms. The van der Waals surface area contributed by atoms with Crippen LogP contribution in [0.2, 0.25) is 0 Å². The van der Waals surface area contributed by atoms with E-state index in [9.17, 15) is 4.39 Å². The van der Waals surface area contributed by atoms with Crippen LogP contribution in [-0.2, 0) is 20.0 Å². The number of nitrogens with two attached hydrogens (primary N) is 1. The first-order valence-corrected chi connectivity index (χ1v) is 8.26. The molecule has 130 valence electrons. The van der Waals surface area contributed by atoms with Crippen LogP contribution in [0.3, 0.4) is 0 Å². The maximum absolute atomic E-state index is 14.4. The van der Waals surface area contributed by atoms with Crippen molar-refractivity contribution in [2.24, 2.45) is 12.8 Å². The van der Waals surface area contributed by atoms with Gasteiger partial charge in [0.25, 0.3) is 0 Å². The average molecular weight is 332 g/mol. The molecular formula is C18H25FN4O. The van der Waals surface area contributed by atoms with Crippen LogP contribution < -0.4 is 10.5 Å². The minimum absolute atomic E-state index is 0.104. The predicted molar refractivity (Wildman–Crippen MR) is 91.5 cm³/mol. The Hall–Kier alpha value is -1.92. The van der Waals surface area contributed by atoms with E-state index in [1.165, 1.54) is 17.3 Å². The fraction of sp³-hybridized carbons (Fsp3) is 0.500. The molecule has 0 fully saturated rings. The van der Waals surface area contributed by atoms with E-state index in [2.05, 4.69) is 16.9 Å². The van der Waals surface area contributed by atoms with Crippen LogP contribution in [0.5, 0.6) is 5.75 Å². The van der Waals surface area contributed by atoms with Gasteiger partial charge in [0.15, 0.2) is 0 Å². The number of rotatable bonds is 5. The zero-order chi connectivity index (χ0) is 17.4. The average Bonchev–Trinajstić information content (AvgIpc) is 3.04. The van der Waals surface area contributed by atoms with Gasteiger partial charge in [0.05, 0.1) is 18.8 Å². The summed E-state index contributed by atoms with van der Waals surface area (Å²) in [5, 5.41) is 4.47. The van der Waals surface area contributed by atoms with Crippen molar-refractivity contribution in [3.05, 3.63) is 46.0 Å². The Morgan fingerprint density at radius 3 is 2.71 bits per heavy atom. The van der Waals surface area contributed by atoms with Gasteiger partial charge in [-0.3, -0.25) is 9.58 Å². The maximum Gasteiger partial charge on any atom is 0.128 e. The summed E-state index contributed by atoms with van der Waals surface area (Å²) in [7, 11) is 3.58. The molecule has 3 rings (SSSR count). The molecule has 1 aromatic carbocycles. The van der Waals surface area contributed by atoms with Gasteiger partial charge in [-0.15, -0.1) is 0 Å². The second kappa shape index (κ2) is 6.53. The molecule has 1 aliphatic rings. The molecule has 0 saturated carbocycles. The Balaban J connectivity index is 1.84. The van der Waals surface area contributed by atoms with Crippen molar-refractivity contribution >= 4 is 0 Å². The molecule has 24 heavy (non-hydrogen) atoms. The SMILES string of the molecule is COc1ccc(F)c2c1CN(CCc1c(C)nn(C)c1C)C2CN. The van der Waals surface area contributed by atoms with Crippen LogP contribution in [0.15, 0.2) is 12.1 Å². The van der Waals surface area contributed by atoms with Gasteiger partial charge >= 0.3 is 0 Å². The number of hydrogen-bond donors (Lipinski definition) is 1. The quantitative estimate of drug-likeness (QED) is 0.912. The van der Waals surface area contributed by atoms with Crippen LogP contribution in [0.1, 0.15) is 34.1 Å². The number of ether oxygens (including phenoxy) is 1. The van der Waals surface area contributed by atoms with E-state index in [-0.39, 0.29) is 11.9 Å². The van der Waals surface area contributed by atoms with Crippen molar-refractivity contribution in [1.82, 2.24) is 14.7 Å². The summed E-state index contributed by atoms with van der Waals surface area (Å²) in [4.78, 5) is 2.24. The molecule has 1 aromatic heterocycles. The highest BCUT2D eigenvalue weighted by molar-refractivity contribution is 5.46. The first kappa shape index (κ1) is 16.9. The van der Waals surface area contributed by atoms with Crippen molar-refractivity contribution in [1.29, 1.82) is 0 Å². The molecule has 1 atom stereocenters. The third-order valence-corrected chi connectivity index (χ3v) is 5.15. The highest BCUT2D eigenvalue weighted by Crippen LogP contribution is 2.39. The second-order valence-electron chi connectivity index (χ2n) is 6.39. The predicted octanol–water partition coefficient (Wildman–Crippen LogP) is 2.24. The Morgan fingerprint density at radius 1 is 1.38 bits per heavy atom. The maximum atomic E-state index is 14.4.